The van der Waals surface area contributed by atoms with Gasteiger partial charge in [-0.1, -0.05) is 6.92 Å². The number of hydrogen-bond donors (Lipinski definition) is 1. The first-order chi connectivity index (χ1) is 10.2. The third-order valence-corrected chi connectivity index (χ3v) is 4.30. The van der Waals surface area contributed by atoms with Crippen molar-refractivity contribution in [3.8, 4) is 5.88 Å². The van der Waals surface area contributed by atoms with Gasteiger partial charge in [0.05, 0.1) is 7.11 Å². The van der Waals surface area contributed by atoms with Crippen molar-refractivity contribution < 1.29 is 4.74 Å². The Hall–Kier alpha value is -1.47. The van der Waals surface area contributed by atoms with Gasteiger partial charge in [0.15, 0.2) is 10.4 Å². The Balaban J connectivity index is 1.83. The largest absolute Gasteiger partial charge is 0.479 e. The molecule has 1 atom stereocenters. The molecule has 1 fully saturated rings. The first kappa shape index (κ1) is 14.5. The summed E-state index contributed by atoms with van der Waals surface area (Å²) >= 11 is 5.43. The lowest BCUT2D eigenvalue weighted by atomic mass is 10.1. The normalized spacial score (nSPS) is 17.4. The van der Waals surface area contributed by atoms with Crippen LogP contribution in [0.5, 0.6) is 5.88 Å². The third-order valence-electron chi connectivity index (χ3n) is 3.98. The highest BCUT2D eigenvalue weighted by molar-refractivity contribution is 7.71. The third kappa shape index (κ3) is 2.94. The smallest absolute Gasteiger partial charge is 0.242 e. The minimum absolute atomic E-state index is 0.523. The van der Waals surface area contributed by atoms with Crippen molar-refractivity contribution in [1.29, 1.82) is 0 Å². The predicted molar refractivity (Wildman–Crippen MR) is 84.1 cm³/mol. The molecule has 3 rings (SSSR count). The van der Waals surface area contributed by atoms with Gasteiger partial charge in [0.2, 0.25) is 5.88 Å². The Morgan fingerprint density at radius 1 is 1.33 bits per heavy atom. The number of methoxy groups -OCH3 is 1. The van der Waals surface area contributed by atoms with E-state index in [1.165, 1.54) is 32.3 Å². The van der Waals surface area contributed by atoms with Crippen LogP contribution in [0.4, 0.5) is 0 Å². The van der Waals surface area contributed by atoms with Gasteiger partial charge >= 0.3 is 0 Å². The molecule has 0 spiro atoms. The number of nitrogens with one attached hydrogen (secondary N) is 1. The lowest BCUT2D eigenvalue weighted by molar-refractivity contribution is 0.272. The van der Waals surface area contributed by atoms with E-state index in [4.69, 9.17) is 17.0 Å². The summed E-state index contributed by atoms with van der Waals surface area (Å²) in [6.45, 7) is 6.67. The fraction of sp³-hybridized carbons (Fsp3) is 0.643. The van der Waals surface area contributed by atoms with Crippen LogP contribution in [0.1, 0.15) is 19.8 Å². The highest BCUT2D eigenvalue weighted by Gasteiger charge is 2.17. The molecule has 1 N–H and O–H groups in total. The molecule has 3 heterocycles. The van der Waals surface area contributed by atoms with Crippen LogP contribution in [0.3, 0.4) is 0 Å². The summed E-state index contributed by atoms with van der Waals surface area (Å²) in [5.41, 5.74) is 1.60. The van der Waals surface area contributed by atoms with E-state index < -0.39 is 0 Å². The second-order valence-electron chi connectivity index (χ2n) is 5.74. The number of aromatic amines is 1. The minimum atomic E-state index is 0.523. The van der Waals surface area contributed by atoms with Crippen LogP contribution in [0.25, 0.3) is 11.2 Å². The number of likely N-dealkylation sites (tertiary alicyclic amines) is 1. The zero-order valence-electron chi connectivity index (χ0n) is 12.5. The van der Waals surface area contributed by atoms with Gasteiger partial charge in [0.25, 0.3) is 0 Å². The number of fused-ring (bicyclic) bond motifs is 1. The number of imidazole rings is 1. The fourth-order valence-corrected chi connectivity index (χ4v) is 3.31. The van der Waals surface area contributed by atoms with Gasteiger partial charge in [-0.2, -0.15) is 4.98 Å². The molecule has 114 valence electrons. The summed E-state index contributed by atoms with van der Waals surface area (Å²) < 4.78 is 7.99. The van der Waals surface area contributed by atoms with Gasteiger partial charge in [-0.15, -0.1) is 0 Å². The van der Waals surface area contributed by atoms with Crippen molar-refractivity contribution >= 4 is 23.4 Å². The Morgan fingerprint density at radius 2 is 2.10 bits per heavy atom. The lowest BCUT2D eigenvalue weighted by Crippen LogP contribution is -2.27. The van der Waals surface area contributed by atoms with Crippen LogP contribution in [0.2, 0.25) is 0 Å². The molecule has 0 saturated carbocycles. The van der Waals surface area contributed by atoms with Gasteiger partial charge in [-0.3, -0.25) is 0 Å². The van der Waals surface area contributed by atoms with E-state index in [9.17, 15) is 0 Å². The zero-order valence-corrected chi connectivity index (χ0v) is 13.3. The van der Waals surface area contributed by atoms with Crippen molar-refractivity contribution in [2.24, 2.45) is 5.92 Å². The summed E-state index contributed by atoms with van der Waals surface area (Å²) in [7, 11) is 1.60. The van der Waals surface area contributed by atoms with Crippen molar-refractivity contribution in [3.05, 3.63) is 11.1 Å². The molecule has 6 nitrogen and oxygen atoms in total. The van der Waals surface area contributed by atoms with E-state index >= 15 is 0 Å². The zero-order chi connectivity index (χ0) is 14.8. The molecule has 0 amide bonds. The molecule has 0 radical (unpaired) electrons. The summed E-state index contributed by atoms with van der Waals surface area (Å²) in [6, 6.07) is 0. The van der Waals surface area contributed by atoms with Gasteiger partial charge in [-0.25, -0.2) is 4.98 Å². The van der Waals surface area contributed by atoms with E-state index in [1.54, 1.807) is 7.11 Å². The average Bonchev–Trinajstić information content (AvgIpc) is 3.07. The number of nitrogens with zero attached hydrogens (tertiary/aromatic N) is 4. The fourth-order valence-electron chi connectivity index (χ4n) is 3.04. The van der Waals surface area contributed by atoms with Crippen molar-refractivity contribution in [3.63, 3.8) is 0 Å². The van der Waals surface area contributed by atoms with Gasteiger partial charge in [0.1, 0.15) is 11.8 Å². The van der Waals surface area contributed by atoms with Gasteiger partial charge in [-0.05, 0) is 44.1 Å². The van der Waals surface area contributed by atoms with Gasteiger partial charge in [0, 0.05) is 13.1 Å². The first-order valence-electron chi connectivity index (χ1n) is 7.39. The molecule has 0 aliphatic carbocycles. The SMILES string of the molecule is COc1ncnc2c1[nH]c(=S)n2CC(C)CN1CCCC1. The predicted octanol–water partition coefficient (Wildman–Crippen LogP) is 2.23. The molecule has 1 unspecified atom stereocenters. The summed E-state index contributed by atoms with van der Waals surface area (Å²) in [5, 5.41) is 0. The highest BCUT2D eigenvalue weighted by atomic mass is 32.1. The van der Waals surface area contributed by atoms with E-state index in [-0.39, 0.29) is 0 Å². The maximum atomic E-state index is 5.43. The lowest BCUT2D eigenvalue weighted by Gasteiger charge is -2.20. The molecular formula is C14H21N5OS. The highest BCUT2D eigenvalue weighted by Crippen LogP contribution is 2.21. The van der Waals surface area contributed by atoms with Crippen LogP contribution in [-0.4, -0.2) is 51.2 Å². The second-order valence-corrected chi connectivity index (χ2v) is 6.12. The van der Waals surface area contributed by atoms with Crippen molar-refractivity contribution in [2.45, 2.75) is 26.3 Å². The molecule has 1 aliphatic heterocycles. The number of hydrogen-bond acceptors (Lipinski definition) is 5. The number of H-pyrrole nitrogens is 1. The maximum absolute atomic E-state index is 5.43. The van der Waals surface area contributed by atoms with Crippen LogP contribution in [0.15, 0.2) is 6.33 Å². The van der Waals surface area contributed by atoms with E-state index in [1.807, 2.05) is 0 Å². The number of aromatic nitrogens is 4. The topological polar surface area (TPSA) is 59.0 Å². The first-order valence-corrected chi connectivity index (χ1v) is 7.79. The average molecular weight is 307 g/mol. The van der Waals surface area contributed by atoms with E-state index in [2.05, 4.69) is 31.3 Å². The van der Waals surface area contributed by atoms with Gasteiger partial charge < -0.3 is 19.2 Å². The molecule has 0 aromatic carbocycles. The molecule has 7 heteroatoms. The Morgan fingerprint density at radius 3 is 2.81 bits per heavy atom. The summed E-state index contributed by atoms with van der Waals surface area (Å²) in [6.07, 6.45) is 4.17. The number of rotatable bonds is 5. The van der Waals surface area contributed by atoms with E-state index in [0.29, 0.717) is 16.6 Å². The Kier molecular flexibility index (Phi) is 4.21. The minimum Gasteiger partial charge on any atom is -0.479 e. The Labute approximate surface area is 129 Å². The monoisotopic (exact) mass is 307 g/mol. The van der Waals surface area contributed by atoms with Crippen molar-refractivity contribution in [1.82, 2.24) is 24.4 Å². The van der Waals surface area contributed by atoms with Crippen LogP contribution in [0, 0.1) is 10.7 Å². The quantitative estimate of drug-likeness (QED) is 0.858. The van der Waals surface area contributed by atoms with Crippen LogP contribution >= 0.6 is 12.2 Å². The molecule has 0 bridgehead atoms. The molecular weight excluding hydrogens is 286 g/mol. The van der Waals surface area contributed by atoms with Crippen LogP contribution in [-0.2, 0) is 6.54 Å². The summed E-state index contributed by atoms with van der Waals surface area (Å²) in [4.78, 5) is 14.2. The van der Waals surface area contributed by atoms with Crippen molar-refractivity contribution in [2.75, 3.05) is 26.7 Å². The molecule has 21 heavy (non-hydrogen) atoms. The molecule has 2 aromatic rings. The second kappa shape index (κ2) is 6.11. The maximum Gasteiger partial charge on any atom is 0.242 e. The molecule has 1 saturated heterocycles. The molecule has 2 aromatic heterocycles. The summed E-state index contributed by atoms with van der Waals surface area (Å²) in [5.74, 6) is 1.06. The van der Waals surface area contributed by atoms with Crippen LogP contribution < -0.4 is 4.74 Å². The standard InChI is InChI=1S/C14H21N5OS/c1-10(7-18-5-3-4-6-18)8-19-12-11(17-14(19)21)13(20-2)16-9-15-12/h9-10H,3-8H2,1-2H3,(H,17,21). The Bertz CT molecular complexity index is 674. The van der Waals surface area contributed by atoms with E-state index in [0.717, 1.165) is 24.3 Å². The number of ether oxygens (including phenoxy) is 1. The molecule has 1 aliphatic rings.